The number of aromatic hydroxyl groups is 2. The number of methoxy groups -OCH3 is 4. The van der Waals surface area contributed by atoms with Crippen LogP contribution in [0.3, 0.4) is 0 Å². The molecule has 0 amide bonds. The van der Waals surface area contributed by atoms with Crippen LogP contribution < -0.4 is 9.47 Å². The molecule has 258 valence electrons. The fraction of sp³-hybridized carbons (Fsp3) is 0.486. The summed E-state index contributed by atoms with van der Waals surface area (Å²) in [7, 11) is 6.31. The highest BCUT2D eigenvalue weighted by molar-refractivity contribution is 5.76. The van der Waals surface area contributed by atoms with Gasteiger partial charge in [-0.2, -0.15) is 0 Å². The van der Waals surface area contributed by atoms with E-state index < -0.39 is 0 Å². The molecule has 1 aliphatic heterocycles. The lowest BCUT2D eigenvalue weighted by Crippen LogP contribution is -2.34. The van der Waals surface area contributed by atoms with Crippen LogP contribution in [0.1, 0.15) is 51.8 Å². The molecule has 1 saturated heterocycles. The van der Waals surface area contributed by atoms with E-state index in [4.69, 9.17) is 37.9 Å². The van der Waals surface area contributed by atoms with E-state index in [1.54, 1.807) is 28.4 Å². The molecule has 3 aromatic carbocycles. The van der Waals surface area contributed by atoms with Crippen molar-refractivity contribution in [2.24, 2.45) is 17.8 Å². The molecule has 0 spiro atoms. The van der Waals surface area contributed by atoms with E-state index in [1.165, 1.54) is 0 Å². The minimum Gasteiger partial charge on any atom is -0.507 e. The number of phenols is 2. The predicted octanol–water partition coefficient (Wildman–Crippen LogP) is 5.31. The normalized spacial score (nSPS) is 22.3. The Labute approximate surface area is 280 Å². The van der Waals surface area contributed by atoms with E-state index in [0.717, 1.165) is 29.5 Å². The summed E-state index contributed by atoms with van der Waals surface area (Å²) >= 11 is 0. The summed E-state index contributed by atoms with van der Waals surface area (Å²) in [5.74, 6) is 1.97. The molecule has 3 aliphatic rings. The van der Waals surface area contributed by atoms with Crippen molar-refractivity contribution < 1.29 is 52.9 Å². The maximum absolute atomic E-state index is 12.3. The first-order chi connectivity index (χ1) is 23.3. The van der Waals surface area contributed by atoms with Gasteiger partial charge in [-0.25, -0.2) is 0 Å². The predicted molar refractivity (Wildman–Crippen MR) is 172 cm³/mol. The van der Waals surface area contributed by atoms with Gasteiger partial charge in [0.05, 0.1) is 45.1 Å². The van der Waals surface area contributed by atoms with Crippen LogP contribution in [0.15, 0.2) is 42.5 Å². The standard InChI is InChI=1S/C37H44O11/c1-41-17-25-5-21(6-26(18-42-2)33(25)38)14-45-29-9-23(16-47-35-24-11-31-32(12-24)37(40)48-36(31)35)10-30(13-29)46-15-22-7-27(19-43-3)34(39)28(8-22)20-44-4/h5-10,13,24,31-32,35-36,38-39H,11-12,14-20H2,1-4H3. The summed E-state index contributed by atoms with van der Waals surface area (Å²) in [6, 6.07) is 13.1. The summed E-state index contributed by atoms with van der Waals surface area (Å²) in [4.78, 5) is 12.3. The van der Waals surface area contributed by atoms with Gasteiger partial charge in [-0.15, -0.1) is 0 Å². The van der Waals surface area contributed by atoms with Gasteiger partial charge < -0.3 is 48.1 Å². The van der Waals surface area contributed by atoms with E-state index in [2.05, 4.69) is 0 Å². The molecule has 5 atom stereocenters. The van der Waals surface area contributed by atoms with Crippen molar-refractivity contribution in [2.45, 2.75) is 71.3 Å². The van der Waals surface area contributed by atoms with Crippen LogP contribution in [0.4, 0.5) is 0 Å². The summed E-state index contributed by atoms with van der Waals surface area (Å²) in [6.45, 7) is 1.73. The Hall–Kier alpha value is -3.87. The molecule has 2 aliphatic carbocycles. The Morgan fingerprint density at radius 1 is 0.625 bits per heavy atom. The smallest absolute Gasteiger partial charge is 0.309 e. The van der Waals surface area contributed by atoms with Gasteiger partial charge in [0.25, 0.3) is 0 Å². The maximum Gasteiger partial charge on any atom is 0.309 e. The molecule has 0 radical (unpaired) electrons. The highest BCUT2D eigenvalue weighted by atomic mass is 16.6. The third kappa shape index (κ3) is 7.25. The molecule has 48 heavy (non-hydrogen) atoms. The largest absolute Gasteiger partial charge is 0.507 e. The van der Waals surface area contributed by atoms with Crippen LogP contribution in [-0.4, -0.2) is 56.8 Å². The van der Waals surface area contributed by atoms with Crippen LogP contribution >= 0.6 is 0 Å². The average Bonchev–Trinajstić information content (AvgIpc) is 3.71. The molecule has 6 rings (SSSR count). The molecular formula is C37H44O11. The number of esters is 1. The van der Waals surface area contributed by atoms with Crippen LogP contribution in [0.2, 0.25) is 0 Å². The molecule has 11 heteroatoms. The number of hydrogen-bond acceptors (Lipinski definition) is 11. The first kappa shape index (κ1) is 34.0. The van der Waals surface area contributed by atoms with Crippen molar-refractivity contribution in [2.75, 3.05) is 28.4 Å². The van der Waals surface area contributed by atoms with E-state index in [0.29, 0.717) is 46.3 Å². The molecule has 0 aromatic heterocycles. The number of carbonyl (C=O) groups excluding carboxylic acids is 1. The SMILES string of the molecule is COCc1cc(COc2cc(COC3C4CC5C(=O)OC3C5C4)cc(OCc3cc(COC)c(O)c(COC)c3)c2)cc(COC)c1O. The quantitative estimate of drug-likeness (QED) is 0.182. The van der Waals surface area contributed by atoms with E-state index in [9.17, 15) is 15.0 Å². The summed E-state index contributed by atoms with van der Waals surface area (Å²) in [5.41, 5.74) is 5.12. The number of rotatable bonds is 17. The van der Waals surface area contributed by atoms with E-state index in [-0.39, 0.29) is 81.2 Å². The van der Waals surface area contributed by atoms with E-state index >= 15 is 0 Å². The number of phenolic OH excluding ortho intramolecular Hbond substituents is 2. The van der Waals surface area contributed by atoms with Gasteiger partial charge in [0, 0.05) is 62.7 Å². The number of carbonyl (C=O) groups is 1. The fourth-order valence-corrected chi connectivity index (χ4v) is 7.43. The highest BCUT2D eigenvalue weighted by Gasteiger charge is 2.62. The van der Waals surface area contributed by atoms with E-state index in [1.807, 2.05) is 42.5 Å². The van der Waals surface area contributed by atoms with Gasteiger partial charge in [-0.3, -0.25) is 4.79 Å². The van der Waals surface area contributed by atoms with Crippen LogP contribution in [0.25, 0.3) is 0 Å². The summed E-state index contributed by atoms with van der Waals surface area (Å²) < 4.78 is 45.9. The second kappa shape index (κ2) is 15.1. The number of fused-ring (bicyclic) bond motifs is 1. The Bertz CT molecular complexity index is 1460. The van der Waals surface area contributed by atoms with Crippen LogP contribution in [-0.2, 0) is 79.5 Å². The summed E-state index contributed by atoms with van der Waals surface area (Å²) in [5, 5.41) is 21.3. The molecular weight excluding hydrogens is 620 g/mol. The molecule has 5 unspecified atom stereocenters. The number of hydrogen-bond donors (Lipinski definition) is 2. The molecule has 1 heterocycles. The van der Waals surface area contributed by atoms with Crippen molar-refractivity contribution in [3.63, 3.8) is 0 Å². The average molecular weight is 665 g/mol. The molecule has 2 bridgehead atoms. The summed E-state index contributed by atoms with van der Waals surface area (Å²) in [6.07, 6.45) is 1.49. The Balaban J connectivity index is 1.22. The lowest BCUT2D eigenvalue weighted by Gasteiger charge is -2.25. The Morgan fingerprint density at radius 2 is 1.08 bits per heavy atom. The molecule has 3 fully saturated rings. The fourth-order valence-electron chi connectivity index (χ4n) is 7.43. The Morgan fingerprint density at radius 3 is 1.54 bits per heavy atom. The lowest BCUT2D eigenvalue weighted by molar-refractivity contribution is -0.147. The lowest BCUT2D eigenvalue weighted by atomic mass is 9.88. The van der Waals surface area contributed by atoms with Gasteiger partial charge in [-0.05, 0) is 71.8 Å². The third-order valence-corrected chi connectivity index (χ3v) is 9.46. The second-order valence-electron chi connectivity index (χ2n) is 12.8. The molecule has 3 aromatic rings. The van der Waals surface area contributed by atoms with Crippen molar-refractivity contribution in [3.8, 4) is 23.0 Å². The van der Waals surface area contributed by atoms with Crippen molar-refractivity contribution >= 4 is 5.97 Å². The monoisotopic (exact) mass is 664 g/mol. The van der Waals surface area contributed by atoms with Crippen LogP contribution in [0, 0.1) is 17.8 Å². The van der Waals surface area contributed by atoms with Crippen molar-refractivity contribution in [3.05, 3.63) is 81.4 Å². The third-order valence-electron chi connectivity index (χ3n) is 9.46. The van der Waals surface area contributed by atoms with Gasteiger partial charge in [0.1, 0.15) is 42.3 Å². The zero-order valence-corrected chi connectivity index (χ0v) is 27.9. The van der Waals surface area contributed by atoms with Crippen LogP contribution in [0.5, 0.6) is 23.0 Å². The minimum atomic E-state index is -0.175. The second-order valence-corrected chi connectivity index (χ2v) is 12.8. The number of ether oxygens (including phenoxy) is 8. The zero-order valence-electron chi connectivity index (χ0n) is 27.9. The van der Waals surface area contributed by atoms with Gasteiger partial charge in [0.2, 0.25) is 0 Å². The van der Waals surface area contributed by atoms with Crippen molar-refractivity contribution in [1.29, 1.82) is 0 Å². The van der Waals surface area contributed by atoms with Gasteiger partial charge in [-0.1, -0.05) is 0 Å². The topological polar surface area (TPSA) is 131 Å². The zero-order chi connectivity index (χ0) is 33.8. The van der Waals surface area contributed by atoms with Crippen molar-refractivity contribution in [1.82, 2.24) is 0 Å². The van der Waals surface area contributed by atoms with Gasteiger partial charge in [0.15, 0.2) is 0 Å². The minimum absolute atomic E-state index is 0.0268. The molecule has 2 N–H and O–H groups in total. The number of benzene rings is 3. The molecule has 2 saturated carbocycles. The highest BCUT2D eigenvalue weighted by Crippen LogP contribution is 2.55. The first-order valence-corrected chi connectivity index (χ1v) is 16.2. The maximum atomic E-state index is 12.3. The van der Waals surface area contributed by atoms with Gasteiger partial charge >= 0.3 is 5.97 Å². The Kier molecular flexibility index (Phi) is 10.7. The molecule has 11 nitrogen and oxygen atoms in total. The first-order valence-electron chi connectivity index (χ1n) is 16.2.